The van der Waals surface area contributed by atoms with E-state index in [0.717, 1.165) is 23.2 Å². The molecule has 0 radical (unpaired) electrons. The molecule has 0 spiro atoms. The molecule has 1 aliphatic heterocycles. The van der Waals surface area contributed by atoms with Crippen LogP contribution in [0.5, 0.6) is 0 Å². The van der Waals surface area contributed by atoms with Gasteiger partial charge in [-0.05, 0) is 66.6 Å². The van der Waals surface area contributed by atoms with Crippen LogP contribution in [0.3, 0.4) is 0 Å². The molecule has 162 valence electrons. The molecule has 1 saturated heterocycles. The molecular formula is C25H22N2O4S. The fraction of sp³-hybridized carbons (Fsp3) is 0.160. The molecule has 1 aliphatic rings. The van der Waals surface area contributed by atoms with Crippen molar-refractivity contribution < 1.29 is 18.7 Å². The molecule has 0 unspecified atom stereocenters. The molecule has 0 saturated carbocycles. The van der Waals surface area contributed by atoms with Crippen LogP contribution in [-0.2, 0) is 16.0 Å². The highest BCUT2D eigenvalue weighted by atomic mass is 32.2. The van der Waals surface area contributed by atoms with Crippen LogP contribution >= 0.6 is 11.8 Å². The van der Waals surface area contributed by atoms with Crippen LogP contribution in [0.2, 0.25) is 0 Å². The van der Waals surface area contributed by atoms with E-state index < -0.39 is 5.97 Å². The van der Waals surface area contributed by atoms with Gasteiger partial charge in [0.2, 0.25) is 0 Å². The maximum absolute atomic E-state index is 12.4. The second kappa shape index (κ2) is 9.28. The summed E-state index contributed by atoms with van der Waals surface area (Å²) >= 11 is 1.27. The molecule has 0 bridgehead atoms. The van der Waals surface area contributed by atoms with Gasteiger partial charge in [-0.1, -0.05) is 31.2 Å². The number of hydrogen-bond donors (Lipinski definition) is 1. The number of thioether (sulfide) groups is 1. The number of aryl methyl sites for hydroxylation is 1. The fourth-order valence-electron chi connectivity index (χ4n) is 3.34. The van der Waals surface area contributed by atoms with Crippen molar-refractivity contribution in [2.24, 2.45) is 4.99 Å². The van der Waals surface area contributed by atoms with Crippen molar-refractivity contribution in [2.45, 2.75) is 20.3 Å². The van der Waals surface area contributed by atoms with Crippen molar-refractivity contribution in [2.75, 3.05) is 7.11 Å². The minimum absolute atomic E-state index is 0.222. The number of amidine groups is 1. The summed E-state index contributed by atoms with van der Waals surface area (Å²) in [5, 5.41) is 3.31. The smallest absolute Gasteiger partial charge is 0.338 e. The SMILES string of the molecule is CCc1ccc(N=C2NC(=O)/C(=C/c3ccc(-c4cccc(C(=O)OC)c4C)o3)S2)cc1. The van der Waals surface area contributed by atoms with Crippen molar-refractivity contribution in [1.29, 1.82) is 0 Å². The molecular weight excluding hydrogens is 424 g/mol. The Morgan fingerprint density at radius 1 is 1.16 bits per heavy atom. The summed E-state index contributed by atoms with van der Waals surface area (Å²) in [6.07, 6.45) is 2.65. The van der Waals surface area contributed by atoms with Gasteiger partial charge in [-0.2, -0.15) is 0 Å². The quantitative estimate of drug-likeness (QED) is 0.414. The number of furan rings is 1. The van der Waals surface area contributed by atoms with Gasteiger partial charge in [0.05, 0.1) is 23.3 Å². The largest absolute Gasteiger partial charge is 0.465 e. The lowest BCUT2D eigenvalue weighted by Gasteiger charge is -2.07. The molecule has 1 fully saturated rings. The number of amides is 1. The van der Waals surface area contributed by atoms with E-state index in [2.05, 4.69) is 17.2 Å². The van der Waals surface area contributed by atoms with Crippen molar-refractivity contribution in [3.63, 3.8) is 0 Å². The number of ether oxygens (including phenoxy) is 1. The van der Waals surface area contributed by atoms with Crippen LogP contribution in [0.4, 0.5) is 5.69 Å². The number of nitrogens with one attached hydrogen (secondary N) is 1. The maximum atomic E-state index is 12.4. The first-order valence-electron chi connectivity index (χ1n) is 10.1. The van der Waals surface area contributed by atoms with Gasteiger partial charge in [0.15, 0.2) is 5.17 Å². The van der Waals surface area contributed by atoms with E-state index in [1.165, 1.54) is 24.4 Å². The fourth-order valence-corrected chi connectivity index (χ4v) is 4.16. The number of carbonyl (C=O) groups excluding carboxylic acids is 2. The maximum Gasteiger partial charge on any atom is 0.338 e. The number of rotatable bonds is 5. The van der Waals surface area contributed by atoms with E-state index >= 15 is 0 Å². The Balaban J connectivity index is 1.55. The van der Waals surface area contributed by atoms with Gasteiger partial charge in [-0.15, -0.1) is 0 Å². The Bertz CT molecular complexity index is 1240. The van der Waals surface area contributed by atoms with E-state index in [4.69, 9.17) is 9.15 Å². The summed E-state index contributed by atoms with van der Waals surface area (Å²) < 4.78 is 10.8. The second-order valence-corrected chi connectivity index (χ2v) is 8.20. The lowest BCUT2D eigenvalue weighted by Crippen LogP contribution is -2.19. The molecule has 32 heavy (non-hydrogen) atoms. The first-order valence-corrected chi connectivity index (χ1v) is 11.0. The Hall–Kier alpha value is -3.58. The van der Waals surface area contributed by atoms with Crippen molar-refractivity contribution in [3.8, 4) is 11.3 Å². The number of carbonyl (C=O) groups is 2. The molecule has 0 aliphatic carbocycles. The van der Waals surface area contributed by atoms with Crippen molar-refractivity contribution >= 4 is 40.6 Å². The van der Waals surface area contributed by atoms with Crippen LogP contribution in [-0.4, -0.2) is 24.2 Å². The second-order valence-electron chi connectivity index (χ2n) is 7.17. The Kier molecular flexibility index (Phi) is 6.28. The topological polar surface area (TPSA) is 80.9 Å². The number of hydrogen-bond acceptors (Lipinski definition) is 6. The van der Waals surface area contributed by atoms with Crippen LogP contribution in [0.25, 0.3) is 17.4 Å². The molecule has 2 aromatic carbocycles. The predicted molar refractivity (Wildman–Crippen MR) is 127 cm³/mol. The average Bonchev–Trinajstić information content (AvgIpc) is 3.40. The summed E-state index contributed by atoms with van der Waals surface area (Å²) in [4.78, 5) is 29.4. The van der Waals surface area contributed by atoms with E-state index in [1.54, 1.807) is 24.3 Å². The van der Waals surface area contributed by atoms with Gasteiger partial charge in [0.1, 0.15) is 11.5 Å². The minimum Gasteiger partial charge on any atom is -0.465 e. The van der Waals surface area contributed by atoms with E-state index in [0.29, 0.717) is 27.2 Å². The molecule has 0 atom stereocenters. The molecule has 4 rings (SSSR count). The third-order valence-corrected chi connectivity index (χ3v) is 6.04. The lowest BCUT2D eigenvalue weighted by molar-refractivity contribution is -0.115. The van der Waals surface area contributed by atoms with Gasteiger partial charge >= 0.3 is 5.97 Å². The summed E-state index contributed by atoms with van der Waals surface area (Å²) in [6, 6.07) is 16.9. The van der Waals surface area contributed by atoms with Gasteiger partial charge in [-0.25, -0.2) is 9.79 Å². The number of esters is 1. The number of methoxy groups -OCH3 is 1. The van der Waals surface area contributed by atoms with E-state index in [9.17, 15) is 9.59 Å². The van der Waals surface area contributed by atoms with Crippen LogP contribution < -0.4 is 5.32 Å². The molecule has 7 heteroatoms. The van der Waals surface area contributed by atoms with Crippen LogP contribution in [0.1, 0.15) is 34.2 Å². The van der Waals surface area contributed by atoms with Crippen molar-refractivity contribution in [1.82, 2.24) is 5.32 Å². The van der Waals surface area contributed by atoms with Crippen LogP contribution in [0.15, 0.2) is 68.9 Å². The number of benzene rings is 2. The van der Waals surface area contributed by atoms with E-state index in [1.807, 2.05) is 43.3 Å². The monoisotopic (exact) mass is 446 g/mol. The Labute approximate surface area is 190 Å². The van der Waals surface area contributed by atoms with Gasteiger partial charge < -0.3 is 14.5 Å². The molecule has 1 aromatic heterocycles. The number of aliphatic imine (C=N–C) groups is 1. The Morgan fingerprint density at radius 2 is 1.94 bits per heavy atom. The Morgan fingerprint density at radius 3 is 2.66 bits per heavy atom. The zero-order valence-corrected chi connectivity index (χ0v) is 18.8. The lowest BCUT2D eigenvalue weighted by atomic mass is 10.0. The highest BCUT2D eigenvalue weighted by molar-refractivity contribution is 8.18. The molecule has 1 amide bonds. The zero-order valence-electron chi connectivity index (χ0n) is 18.0. The average molecular weight is 447 g/mol. The molecule has 1 N–H and O–H groups in total. The number of nitrogens with zero attached hydrogens (tertiary/aromatic N) is 1. The zero-order chi connectivity index (χ0) is 22.7. The highest BCUT2D eigenvalue weighted by Gasteiger charge is 2.24. The molecule has 3 aromatic rings. The highest BCUT2D eigenvalue weighted by Crippen LogP contribution is 2.32. The predicted octanol–water partition coefficient (Wildman–Crippen LogP) is 5.50. The first-order chi connectivity index (χ1) is 15.5. The van der Waals surface area contributed by atoms with Crippen molar-refractivity contribution in [3.05, 3.63) is 82.0 Å². The third-order valence-electron chi connectivity index (χ3n) is 5.13. The third kappa shape index (κ3) is 4.53. The molecule has 6 nitrogen and oxygen atoms in total. The standard InChI is InChI=1S/C25H22N2O4S/c1-4-16-8-10-17(11-9-16)26-25-27-23(28)22(32-25)14-18-12-13-21(31-18)19-6-5-7-20(15(19)2)24(29)30-3/h5-14H,4H2,1-3H3,(H,26,27,28)/b22-14-. The first kappa shape index (κ1) is 21.6. The normalized spacial score (nSPS) is 15.9. The minimum atomic E-state index is -0.395. The summed E-state index contributed by atoms with van der Waals surface area (Å²) in [6.45, 7) is 3.94. The van der Waals surface area contributed by atoms with E-state index in [-0.39, 0.29) is 5.91 Å². The summed E-state index contributed by atoms with van der Waals surface area (Å²) in [7, 11) is 1.35. The van der Waals surface area contributed by atoms with Gasteiger partial charge in [0.25, 0.3) is 5.91 Å². The summed E-state index contributed by atoms with van der Waals surface area (Å²) in [5.74, 6) is 0.525. The van der Waals surface area contributed by atoms with Gasteiger partial charge in [0, 0.05) is 11.6 Å². The molecule has 2 heterocycles. The van der Waals surface area contributed by atoms with Crippen LogP contribution in [0, 0.1) is 6.92 Å². The summed E-state index contributed by atoms with van der Waals surface area (Å²) in [5.41, 5.74) is 4.06. The van der Waals surface area contributed by atoms with Gasteiger partial charge in [-0.3, -0.25) is 4.79 Å².